The SMILES string of the molecule is NC(=O)Cc1ccc(N=C(c2ccccc2)c2c(O)[nH]c3ccc(S(=O)(=O)Nc4ccccc4)cc23)cc1. The van der Waals surface area contributed by atoms with Crippen LogP contribution in [0, 0.1) is 0 Å². The van der Waals surface area contributed by atoms with Gasteiger partial charge >= 0.3 is 0 Å². The number of hydrogen-bond acceptors (Lipinski definition) is 5. The number of carbonyl (C=O) groups excluding carboxylic acids is 1. The summed E-state index contributed by atoms with van der Waals surface area (Å²) in [6.45, 7) is 0. The van der Waals surface area contributed by atoms with Gasteiger partial charge in [-0.3, -0.25) is 9.52 Å². The second kappa shape index (κ2) is 10.2. The summed E-state index contributed by atoms with van der Waals surface area (Å²) in [5.41, 5.74) is 9.16. The molecule has 0 unspecified atom stereocenters. The molecule has 38 heavy (non-hydrogen) atoms. The Morgan fingerprint density at radius 1 is 0.895 bits per heavy atom. The van der Waals surface area contributed by atoms with Crippen molar-refractivity contribution in [2.45, 2.75) is 11.3 Å². The molecular weight excluding hydrogens is 500 g/mol. The van der Waals surface area contributed by atoms with Gasteiger partial charge in [0.2, 0.25) is 5.91 Å². The van der Waals surface area contributed by atoms with Gasteiger partial charge in [-0.2, -0.15) is 0 Å². The maximum atomic E-state index is 13.2. The largest absolute Gasteiger partial charge is 0.494 e. The Morgan fingerprint density at radius 2 is 1.55 bits per heavy atom. The molecule has 8 nitrogen and oxygen atoms in total. The van der Waals surface area contributed by atoms with Crippen molar-refractivity contribution in [3.8, 4) is 5.88 Å². The number of nitrogens with one attached hydrogen (secondary N) is 2. The monoisotopic (exact) mass is 524 g/mol. The number of aromatic amines is 1. The zero-order valence-corrected chi connectivity index (χ0v) is 20.9. The summed E-state index contributed by atoms with van der Waals surface area (Å²) >= 11 is 0. The molecule has 0 fully saturated rings. The third kappa shape index (κ3) is 5.28. The van der Waals surface area contributed by atoms with E-state index in [2.05, 4.69) is 9.71 Å². The molecule has 0 atom stereocenters. The summed E-state index contributed by atoms with van der Waals surface area (Å²) in [5.74, 6) is -0.569. The number of benzene rings is 4. The van der Waals surface area contributed by atoms with Gasteiger partial charge in [-0.1, -0.05) is 60.7 Å². The van der Waals surface area contributed by atoms with E-state index in [1.54, 1.807) is 60.7 Å². The van der Waals surface area contributed by atoms with Crippen LogP contribution in [0.2, 0.25) is 0 Å². The zero-order chi connectivity index (χ0) is 26.7. The lowest BCUT2D eigenvalue weighted by molar-refractivity contribution is -0.117. The molecule has 9 heteroatoms. The van der Waals surface area contributed by atoms with Gasteiger partial charge in [0.15, 0.2) is 5.88 Å². The van der Waals surface area contributed by atoms with E-state index in [9.17, 15) is 18.3 Å². The van der Waals surface area contributed by atoms with E-state index in [0.29, 0.717) is 33.6 Å². The normalized spacial score (nSPS) is 11.9. The van der Waals surface area contributed by atoms with Crippen LogP contribution in [0.15, 0.2) is 113 Å². The van der Waals surface area contributed by atoms with E-state index in [1.165, 1.54) is 12.1 Å². The van der Waals surface area contributed by atoms with Crippen molar-refractivity contribution in [2.24, 2.45) is 10.7 Å². The predicted octanol–water partition coefficient (Wildman–Crippen LogP) is 4.87. The molecule has 0 radical (unpaired) electrons. The van der Waals surface area contributed by atoms with Crippen molar-refractivity contribution in [1.82, 2.24) is 4.98 Å². The van der Waals surface area contributed by atoms with E-state index >= 15 is 0 Å². The summed E-state index contributed by atoms with van der Waals surface area (Å²) < 4.78 is 28.9. The van der Waals surface area contributed by atoms with Crippen LogP contribution in [0.4, 0.5) is 11.4 Å². The Labute approximate surface area is 219 Å². The zero-order valence-electron chi connectivity index (χ0n) is 20.1. The van der Waals surface area contributed by atoms with Crippen molar-refractivity contribution in [3.05, 3.63) is 120 Å². The summed E-state index contributed by atoms with van der Waals surface area (Å²) in [6.07, 6.45) is 0.118. The van der Waals surface area contributed by atoms with Gasteiger partial charge in [0, 0.05) is 22.2 Å². The molecule has 5 N–H and O–H groups in total. The molecule has 0 aliphatic heterocycles. The van der Waals surface area contributed by atoms with Crippen LogP contribution in [-0.4, -0.2) is 30.1 Å². The summed E-state index contributed by atoms with van der Waals surface area (Å²) in [7, 11) is -3.90. The van der Waals surface area contributed by atoms with Crippen LogP contribution in [-0.2, 0) is 21.2 Å². The van der Waals surface area contributed by atoms with Gasteiger partial charge in [-0.25, -0.2) is 13.4 Å². The number of H-pyrrole nitrogens is 1. The standard InChI is InChI=1S/C29H24N4O4S/c30-26(34)17-19-11-13-21(14-12-19)31-28(20-7-3-1-4-8-20)27-24-18-23(15-16-25(24)32-29(27)35)38(36,37)33-22-9-5-2-6-10-22/h1-16,18,32-33,35H,17H2,(H2,30,34). The highest BCUT2D eigenvalue weighted by Crippen LogP contribution is 2.33. The lowest BCUT2D eigenvalue weighted by atomic mass is 10.0. The molecule has 190 valence electrons. The topological polar surface area (TPSA) is 138 Å². The van der Waals surface area contributed by atoms with Crippen molar-refractivity contribution < 1.29 is 18.3 Å². The van der Waals surface area contributed by atoms with Gasteiger partial charge in [-0.15, -0.1) is 0 Å². The fraction of sp³-hybridized carbons (Fsp3) is 0.0345. The van der Waals surface area contributed by atoms with E-state index in [-0.39, 0.29) is 17.2 Å². The molecule has 0 aliphatic rings. The number of sulfonamides is 1. The molecule has 0 saturated heterocycles. The average molecular weight is 525 g/mol. The number of aromatic nitrogens is 1. The van der Waals surface area contributed by atoms with Crippen LogP contribution in [0.3, 0.4) is 0 Å². The Bertz CT molecular complexity index is 1750. The first-order valence-corrected chi connectivity index (χ1v) is 13.2. The van der Waals surface area contributed by atoms with Crippen LogP contribution in [0.5, 0.6) is 5.88 Å². The number of rotatable bonds is 8. The average Bonchev–Trinajstić information content (AvgIpc) is 3.23. The number of aliphatic imine (C=N–C) groups is 1. The molecule has 0 spiro atoms. The van der Waals surface area contributed by atoms with Gasteiger partial charge in [0.05, 0.1) is 28.3 Å². The molecule has 0 bridgehead atoms. The summed E-state index contributed by atoms with van der Waals surface area (Å²) in [4.78, 5) is 19.0. The third-order valence-corrected chi connectivity index (χ3v) is 7.31. The summed E-state index contributed by atoms with van der Waals surface area (Å²) in [5, 5.41) is 11.5. The van der Waals surface area contributed by atoms with E-state index in [4.69, 9.17) is 10.7 Å². The van der Waals surface area contributed by atoms with E-state index < -0.39 is 15.9 Å². The number of primary amides is 1. The van der Waals surface area contributed by atoms with Crippen molar-refractivity contribution in [3.63, 3.8) is 0 Å². The number of nitrogens with two attached hydrogens (primary N) is 1. The molecule has 5 aromatic rings. The van der Waals surface area contributed by atoms with Crippen molar-refractivity contribution >= 4 is 43.9 Å². The van der Waals surface area contributed by atoms with Crippen molar-refractivity contribution in [1.29, 1.82) is 0 Å². The van der Waals surface area contributed by atoms with Crippen LogP contribution in [0.1, 0.15) is 16.7 Å². The van der Waals surface area contributed by atoms with Crippen LogP contribution >= 0.6 is 0 Å². The van der Waals surface area contributed by atoms with Crippen molar-refractivity contribution in [2.75, 3.05) is 4.72 Å². The Kier molecular flexibility index (Phi) is 6.68. The molecule has 1 amide bonds. The number of anilines is 1. The fourth-order valence-corrected chi connectivity index (χ4v) is 5.25. The number of nitrogens with zero attached hydrogens (tertiary/aromatic N) is 1. The Balaban J connectivity index is 1.63. The first-order valence-electron chi connectivity index (χ1n) is 11.7. The first kappa shape index (κ1) is 24.8. The Morgan fingerprint density at radius 3 is 2.21 bits per heavy atom. The van der Waals surface area contributed by atoms with Gasteiger partial charge in [0.1, 0.15) is 0 Å². The molecule has 0 saturated carbocycles. The highest BCUT2D eigenvalue weighted by Gasteiger charge is 2.22. The predicted molar refractivity (Wildman–Crippen MR) is 148 cm³/mol. The number of para-hydroxylation sites is 1. The minimum atomic E-state index is -3.90. The van der Waals surface area contributed by atoms with Gasteiger partial charge in [-0.05, 0) is 48.0 Å². The Hall–Kier alpha value is -4.89. The second-order valence-electron chi connectivity index (χ2n) is 8.66. The lowest BCUT2D eigenvalue weighted by Gasteiger charge is -2.10. The number of aromatic hydroxyl groups is 1. The number of carbonyl (C=O) groups is 1. The van der Waals surface area contributed by atoms with Gasteiger partial charge in [0.25, 0.3) is 10.0 Å². The van der Waals surface area contributed by atoms with Crippen LogP contribution in [0.25, 0.3) is 10.9 Å². The number of amides is 1. The molecule has 5 rings (SSSR count). The minimum absolute atomic E-state index is 0.0392. The second-order valence-corrected chi connectivity index (χ2v) is 10.3. The highest BCUT2D eigenvalue weighted by molar-refractivity contribution is 7.92. The molecule has 0 aliphatic carbocycles. The molecule has 1 aromatic heterocycles. The molecular formula is C29H24N4O4S. The lowest BCUT2D eigenvalue weighted by Crippen LogP contribution is -2.13. The van der Waals surface area contributed by atoms with E-state index in [0.717, 1.165) is 11.1 Å². The summed E-state index contributed by atoms with van der Waals surface area (Å²) in [6, 6.07) is 29.6. The maximum Gasteiger partial charge on any atom is 0.261 e. The fourth-order valence-electron chi connectivity index (χ4n) is 4.16. The maximum absolute atomic E-state index is 13.2. The highest BCUT2D eigenvalue weighted by atomic mass is 32.2. The smallest absolute Gasteiger partial charge is 0.261 e. The third-order valence-electron chi connectivity index (χ3n) is 5.93. The van der Waals surface area contributed by atoms with Gasteiger partial charge < -0.3 is 15.8 Å². The molecule has 1 heterocycles. The number of fused-ring (bicyclic) bond motifs is 1. The van der Waals surface area contributed by atoms with Crippen LogP contribution < -0.4 is 10.5 Å². The number of hydrogen-bond donors (Lipinski definition) is 4. The quantitative estimate of drug-likeness (QED) is 0.215. The first-order chi connectivity index (χ1) is 18.3. The minimum Gasteiger partial charge on any atom is -0.494 e. The van der Waals surface area contributed by atoms with E-state index in [1.807, 2.05) is 30.3 Å². The molecule has 4 aromatic carbocycles.